The number of hydrogen-bond donors (Lipinski definition) is 1. The highest BCUT2D eigenvalue weighted by Crippen LogP contribution is 2.21. The van der Waals surface area contributed by atoms with Crippen LogP contribution in [-0.2, 0) is 6.42 Å². The normalized spacial score (nSPS) is 17.3. The van der Waals surface area contributed by atoms with E-state index in [1.807, 2.05) is 12.1 Å². The summed E-state index contributed by atoms with van der Waals surface area (Å²) in [5.74, 6) is 0.821. The summed E-state index contributed by atoms with van der Waals surface area (Å²) in [7, 11) is 0. The Morgan fingerprint density at radius 1 is 1.00 bits per heavy atom. The molecule has 1 heterocycles. The van der Waals surface area contributed by atoms with Crippen LogP contribution in [-0.4, -0.2) is 26.2 Å². The number of anilines is 1. The zero-order valence-electron chi connectivity index (χ0n) is 13.5. The zero-order valence-corrected chi connectivity index (χ0v) is 14.3. The van der Waals surface area contributed by atoms with Gasteiger partial charge < -0.3 is 10.2 Å². The van der Waals surface area contributed by atoms with Crippen LogP contribution < -0.4 is 10.2 Å². The maximum absolute atomic E-state index is 6.04. The third kappa shape index (κ3) is 4.98. The van der Waals surface area contributed by atoms with E-state index in [0.717, 1.165) is 30.5 Å². The van der Waals surface area contributed by atoms with E-state index < -0.39 is 0 Å². The third-order valence-electron chi connectivity index (χ3n) is 4.67. The third-order valence-corrected chi connectivity index (χ3v) is 4.93. The van der Waals surface area contributed by atoms with Crippen molar-refractivity contribution in [1.29, 1.82) is 0 Å². The van der Waals surface area contributed by atoms with Crippen molar-refractivity contribution in [3.63, 3.8) is 0 Å². The van der Waals surface area contributed by atoms with Gasteiger partial charge in [-0.3, -0.25) is 0 Å². The van der Waals surface area contributed by atoms with E-state index in [1.165, 1.54) is 37.2 Å². The summed E-state index contributed by atoms with van der Waals surface area (Å²) >= 11 is 6.04. The van der Waals surface area contributed by atoms with E-state index in [0.29, 0.717) is 0 Å². The molecule has 1 atom stereocenters. The van der Waals surface area contributed by atoms with Gasteiger partial charge in [-0.1, -0.05) is 41.9 Å². The standard InChI is InChI=1S/C20H25ClN2/c21-19-6-8-20(9-7-19)23(15-12-18-10-13-22-16-18)14-11-17-4-2-1-3-5-17/h1-9,18,22H,10-16H2. The molecule has 122 valence electrons. The van der Waals surface area contributed by atoms with Crippen LogP contribution in [0.3, 0.4) is 0 Å². The highest BCUT2D eigenvalue weighted by Gasteiger charge is 2.16. The SMILES string of the molecule is Clc1ccc(N(CCc2ccccc2)CCC2CCNC2)cc1. The number of nitrogens with zero attached hydrogens (tertiary/aromatic N) is 1. The molecule has 0 saturated carbocycles. The Labute approximate surface area is 144 Å². The maximum atomic E-state index is 6.04. The summed E-state index contributed by atoms with van der Waals surface area (Å²) < 4.78 is 0. The number of benzene rings is 2. The van der Waals surface area contributed by atoms with Crippen LogP contribution >= 0.6 is 11.6 Å². The Bertz CT molecular complexity index is 576. The Balaban J connectivity index is 1.63. The minimum absolute atomic E-state index is 0.803. The van der Waals surface area contributed by atoms with Crippen LogP contribution in [0.5, 0.6) is 0 Å². The second-order valence-corrected chi connectivity index (χ2v) is 6.78. The smallest absolute Gasteiger partial charge is 0.0407 e. The molecular weight excluding hydrogens is 304 g/mol. The van der Waals surface area contributed by atoms with Gasteiger partial charge in [0.15, 0.2) is 0 Å². The lowest BCUT2D eigenvalue weighted by Crippen LogP contribution is -2.28. The van der Waals surface area contributed by atoms with Gasteiger partial charge in [-0.2, -0.15) is 0 Å². The predicted molar refractivity (Wildman–Crippen MR) is 99.4 cm³/mol. The highest BCUT2D eigenvalue weighted by molar-refractivity contribution is 6.30. The van der Waals surface area contributed by atoms with Gasteiger partial charge in [-0.25, -0.2) is 0 Å². The lowest BCUT2D eigenvalue weighted by Gasteiger charge is -2.26. The van der Waals surface area contributed by atoms with Gasteiger partial charge in [-0.05, 0) is 68.1 Å². The first-order valence-corrected chi connectivity index (χ1v) is 8.94. The Hall–Kier alpha value is -1.51. The van der Waals surface area contributed by atoms with Gasteiger partial charge >= 0.3 is 0 Å². The molecule has 1 unspecified atom stereocenters. The molecule has 0 amide bonds. The lowest BCUT2D eigenvalue weighted by molar-refractivity contribution is 0.525. The molecule has 1 fully saturated rings. The molecule has 3 rings (SSSR count). The molecule has 0 aromatic heterocycles. The van der Waals surface area contributed by atoms with Gasteiger partial charge in [0, 0.05) is 23.8 Å². The first kappa shape index (κ1) is 16.4. The molecule has 3 heteroatoms. The number of halogens is 1. The monoisotopic (exact) mass is 328 g/mol. The molecule has 2 aromatic carbocycles. The molecule has 2 nitrogen and oxygen atoms in total. The Morgan fingerprint density at radius 2 is 1.78 bits per heavy atom. The Kier molecular flexibility index (Phi) is 5.95. The summed E-state index contributed by atoms with van der Waals surface area (Å²) in [5, 5.41) is 4.27. The van der Waals surface area contributed by atoms with E-state index in [2.05, 4.69) is 52.7 Å². The van der Waals surface area contributed by atoms with Crippen molar-refractivity contribution < 1.29 is 0 Å². The summed E-state index contributed by atoms with van der Waals surface area (Å²) in [6.45, 7) is 4.51. The van der Waals surface area contributed by atoms with Gasteiger partial charge in [0.25, 0.3) is 0 Å². The van der Waals surface area contributed by atoms with Crippen molar-refractivity contribution >= 4 is 17.3 Å². The van der Waals surface area contributed by atoms with Gasteiger partial charge in [-0.15, -0.1) is 0 Å². The fourth-order valence-corrected chi connectivity index (χ4v) is 3.36. The van der Waals surface area contributed by atoms with E-state index in [4.69, 9.17) is 11.6 Å². The van der Waals surface area contributed by atoms with E-state index in [1.54, 1.807) is 0 Å². The van der Waals surface area contributed by atoms with Gasteiger partial charge in [0.2, 0.25) is 0 Å². The van der Waals surface area contributed by atoms with E-state index in [-0.39, 0.29) is 0 Å². The number of nitrogens with one attached hydrogen (secondary N) is 1. The van der Waals surface area contributed by atoms with Crippen molar-refractivity contribution in [2.45, 2.75) is 19.3 Å². The maximum Gasteiger partial charge on any atom is 0.0407 e. The molecule has 1 aliphatic rings. The van der Waals surface area contributed by atoms with E-state index in [9.17, 15) is 0 Å². The summed E-state index contributed by atoms with van der Waals surface area (Å²) in [6.07, 6.45) is 3.64. The van der Waals surface area contributed by atoms with Crippen LogP contribution in [0.4, 0.5) is 5.69 Å². The quantitative estimate of drug-likeness (QED) is 0.811. The second-order valence-electron chi connectivity index (χ2n) is 6.35. The van der Waals surface area contributed by atoms with Gasteiger partial charge in [0.05, 0.1) is 0 Å². The van der Waals surface area contributed by atoms with Crippen molar-refractivity contribution in [1.82, 2.24) is 5.32 Å². The zero-order chi connectivity index (χ0) is 15.9. The molecule has 1 N–H and O–H groups in total. The fourth-order valence-electron chi connectivity index (χ4n) is 3.23. The molecule has 0 radical (unpaired) electrons. The molecule has 0 bridgehead atoms. The van der Waals surface area contributed by atoms with Crippen molar-refractivity contribution in [2.24, 2.45) is 5.92 Å². The minimum Gasteiger partial charge on any atom is -0.371 e. The first-order valence-electron chi connectivity index (χ1n) is 8.56. The van der Waals surface area contributed by atoms with Crippen molar-refractivity contribution in [3.05, 3.63) is 65.2 Å². The average molecular weight is 329 g/mol. The fraction of sp³-hybridized carbons (Fsp3) is 0.400. The molecular formula is C20H25ClN2. The molecule has 1 aliphatic heterocycles. The van der Waals surface area contributed by atoms with Crippen molar-refractivity contribution in [3.8, 4) is 0 Å². The molecule has 0 aliphatic carbocycles. The average Bonchev–Trinajstić information content (AvgIpc) is 3.10. The summed E-state index contributed by atoms with van der Waals surface area (Å²) in [4.78, 5) is 2.50. The molecule has 0 spiro atoms. The molecule has 1 saturated heterocycles. The van der Waals surface area contributed by atoms with Crippen LogP contribution in [0, 0.1) is 5.92 Å². The summed E-state index contributed by atoms with van der Waals surface area (Å²) in [5.41, 5.74) is 2.67. The molecule has 23 heavy (non-hydrogen) atoms. The van der Waals surface area contributed by atoms with Crippen LogP contribution in [0.25, 0.3) is 0 Å². The minimum atomic E-state index is 0.803. The topological polar surface area (TPSA) is 15.3 Å². The lowest BCUT2D eigenvalue weighted by atomic mass is 10.0. The first-order chi connectivity index (χ1) is 11.3. The Morgan fingerprint density at radius 3 is 2.48 bits per heavy atom. The van der Waals surface area contributed by atoms with Crippen LogP contribution in [0.15, 0.2) is 54.6 Å². The number of hydrogen-bond acceptors (Lipinski definition) is 2. The predicted octanol–water partition coefficient (Wildman–Crippen LogP) is 4.39. The summed E-state index contributed by atoms with van der Waals surface area (Å²) in [6, 6.07) is 19.0. The van der Waals surface area contributed by atoms with Crippen LogP contribution in [0.1, 0.15) is 18.4 Å². The second kappa shape index (κ2) is 8.37. The highest BCUT2D eigenvalue weighted by atomic mass is 35.5. The van der Waals surface area contributed by atoms with Gasteiger partial charge in [0.1, 0.15) is 0 Å². The van der Waals surface area contributed by atoms with Crippen LogP contribution in [0.2, 0.25) is 5.02 Å². The largest absolute Gasteiger partial charge is 0.371 e. The number of rotatable bonds is 7. The van der Waals surface area contributed by atoms with Crippen molar-refractivity contribution in [2.75, 3.05) is 31.1 Å². The molecule has 2 aromatic rings. The van der Waals surface area contributed by atoms with E-state index >= 15 is 0 Å².